The first-order valence-corrected chi connectivity index (χ1v) is 7.57. The Hall–Kier alpha value is -3.15. The Balaban J connectivity index is 2.18. The maximum atomic E-state index is 12.1. The van der Waals surface area contributed by atoms with Crippen molar-refractivity contribution in [3.05, 3.63) is 59.4 Å². The van der Waals surface area contributed by atoms with Crippen LogP contribution in [0.3, 0.4) is 0 Å². The third kappa shape index (κ3) is 2.74. The molecule has 6 nitrogen and oxygen atoms in total. The van der Waals surface area contributed by atoms with E-state index < -0.39 is 5.97 Å². The first-order valence-electron chi connectivity index (χ1n) is 7.57. The third-order valence-electron chi connectivity index (χ3n) is 3.65. The molecule has 0 bridgehead atoms. The van der Waals surface area contributed by atoms with Gasteiger partial charge < -0.3 is 14.9 Å². The van der Waals surface area contributed by atoms with Crippen molar-refractivity contribution < 1.29 is 14.3 Å². The van der Waals surface area contributed by atoms with E-state index in [9.17, 15) is 4.79 Å². The Bertz CT molecular complexity index is 901. The fourth-order valence-electron chi connectivity index (χ4n) is 2.50. The summed E-state index contributed by atoms with van der Waals surface area (Å²) in [5.41, 5.74) is 2.31. The highest BCUT2D eigenvalue weighted by atomic mass is 16.5. The first kappa shape index (κ1) is 15.7. The van der Waals surface area contributed by atoms with Crippen LogP contribution in [0.15, 0.2) is 42.7 Å². The number of nitrogens with one attached hydrogen (secondary N) is 1. The number of esters is 1. The second kappa shape index (κ2) is 6.54. The fourth-order valence-corrected chi connectivity index (χ4v) is 2.50. The van der Waals surface area contributed by atoms with E-state index in [1.165, 1.54) is 12.4 Å². The number of carbonyl (C=O) groups excluding carboxylic acids is 1. The predicted octanol–water partition coefficient (Wildman–Crippen LogP) is 3.61. The number of nitrogens with zero attached hydrogens (tertiary/aromatic N) is 2. The van der Waals surface area contributed by atoms with Crippen molar-refractivity contribution in [1.82, 2.24) is 9.61 Å². The topological polar surface area (TPSA) is 76.7 Å². The summed E-state index contributed by atoms with van der Waals surface area (Å²) in [6.07, 6.45) is 4.34. The van der Waals surface area contributed by atoms with E-state index in [1.807, 2.05) is 37.3 Å². The fraction of sp³-hybridized carbons (Fsp3) is 0.167. The molecule has 1 aromatic carbocycles. The molecule has 0 aliphatic carbocycles. The molecule has 0 unspecified atom stereocenters. The minimum Gasteiger partial charge on any atom is -0.462 e. The molecule has 2 aromatic heterocycles. The van der Waals surface area contributed by atoms with Gasteiger partial charge in [-0.1, -0.05) is 18.2 Å². The van der Waals surface area contributed by atoms with Gasteiger partial charge in [-0.3, -0.25) is 0 Å². The summed E-state index contributed by atoms with van der Waals surface area (Å²) in [5, 5.41) is 11.9. The monoisotopic (exact) mass is 323 g/mol. The highest BCUT2D eigenvalue weighted by Gasteiger charge is 2.20. The van der Waals surface area contributed by atoms with Crippen LogP contribution in [-0.2, 0) is 4.74 Å². The van der Waals surface area contributed by atoms with E-state index in [4.69, 9.17) is 14.9 Å². The molecule has 6 heteroatoms. The van der Waals surface area contributed by atoms with Crippen LogP contribution in [0.2, 0.25) is 0 Å². The van der Waals surface area contributed by atoms with Crippen LogP contribution in [0.1, 0.15) is 28.4 Å². The number of ether oxygens (including phenoxy) is 2. The Morgan fingerprint density at radius 2 is 2.08 bits per heavy atom. The molecule has 0 atom stereocenters. The van der Waals surface area contributed by atoms with Crippen LogP contribution in [0, 0.1) is 12.3 Å². The lowest BCUT2D eigenvalue weighted by molar-refractivity contribution is 0.0525. The van der Waals surface area contributed by atoms with E-state index in [1.54, 1.807) is 17.6 Å². The van der Waals surface area contributed by atoms with Gasteiger partial charge in [-0.25, -0.2) is 9.31 Å². The predicted molar refractivity (Wildman–Crippen MR) is 90.3 cm³/mol. The summed E-state index contributed by atoms with van der Waals surface area (Å²) in [5.74, 6) is 0.730. The third-order valence-corrected chi connectivity index (χ3v) is 3.65. The van der Waals surface area contributed by atoms with Gasteiger partial charge in [-0.2, -0.15) is 5.10 Å². The number of para-hydroxylation sites is 1. The van der Waals surface area contributed by atoms with Crippen molar-refractivity contribution in [1.29, 1.82) is 5.41 Å². The summed E-state index contributed by atoms with van der Waals surface area (Å²) in [6.45, 7) is 3.88. The SMILES string of the molecule is CCOC(=O)c1cn2ncc(C=N)c(Oc3ccccc3)c2c1C. The van der Waals surface area contributed by atoms with Crippen LogP contribution >= 0.6 is 0 Å². The minimum atomic E-state index is -0.400. The standard InChI is InChI=1S/C18H17N3O3/c1-3-23-18(22)15-11-21-16(12(15)2)17(13(9-19)10-20-21)24-14-7-5-4-6-8-14/h4-11,19H,3H2,1-2H3. The summed E-state index contributed by atoms with van der Waals surface area (Å²) < 4.78 is 12.6. The molecular weight excluding hydrogens is 306 g/mol. The number of carbonyl (C=O) groups is 1. The highest BCUT2D eigenvalue weighted by Crippen LogP contribution is 2.32. The average Bonchev–Trinajstić information content (AvgIpc) is 2.94. The van der Waals surface area contributed by atoms with Crippen LogP contribution in [0.25, 0.3) is 5.52 Å². The van der Waals surface area contributed by atoms with Crippen LogP contribution in [-0.4, -0.2) is 28.4 Å². The summed E-state index contributed by atoms with van der Waals surface area (Å²) in [6, 6.07) is 9.29. The van der Waals surface area contributed by atoms with Gasteiger partial charge in [0.2, 0.25) is 0 Å². The van der Waals surface area contributed by atoms with Crippen molar-refractivity contribution in [2.75, 3.05) is 6.61 Å². The lowest BCUT2D eigenvalue weighted by Gasteiger charge is -2.11. The minimum absolute atomic E-state index is 0.303. The van der Waals surface area contributed by atoms with Crippen molar-refractivity contribution in [3.63, 3.8) is 0 Å². The number of rotatable bonds is 5. The number of benzene rings is 1. The normalized spacial score (nSPS) is 10.6. The average molecular weight is 323 g/mol. The van der Waals surface area contributed by atoms with Gasteiger partial charge in [0.05, 0.1) is 23.9 Å². The maximum Gasteiger partial charge on any atom is 0.340 e. The van der Waals surface area contributed by atoms with E-state index >= 15 is 0 Å². The van der Waals surface area contributed by atoms with E-state index in [0.29, 0.717) is 40.3 Å². The number of hydrogen-bond acceptors (Lipinski definition) is 5. The number of aromatic nitrogens is 2. The molecule has 0 saturated carbocycles. The lowest BCUT2D eigenvalue weighted by Crippen LogP contribution is -2.04. The van der Waals surface area contributed by atoms with Gasteiger partial charge in [0.1, 0.15) is 11.3 Å². The molecule has 3 aromatic rings. The Kier molecular flexibility index (Phi) is 4.29. The zero-order chi connectivity index (χ0) is 17.1. The molecule has 122 valence electrons. The molecule has 0 saturated heterocycles. The van der Waals surface area contributed by atoms with E-state index in [2.05, 4.69) is 5.10 Å². The Labute approximate surface area is 139 Å². The van der Waals surface area contributed by atoms with Gasteiger partial charge in [-0.05, 0) is 31.5 Å². The molecule has 24 heavy (non-hydrogen) atoms. The van der Waals surface area contributed by atoms with Crippen molar-refractivity contribution in [2.45, 2.75) is 13.8 Å². The second-order valence-corrected chi connectivity index (χ2v) is 5.17. The zero-order valence-corrected chi connectivity index (χ0v) is 13.4. The van der Waals surface area contributed by atoms with Crippen molar-refractivity contribution >= 4 is 17.7 Å². The van der Waals surface area contributed by atoms with E-state index in [0.717, 1.165) is 0 Å². The molecule has 0 radical (unpaired) electrons. The van der Waals surface area contributed by atoms with E-state index in [-0.39, 0.29) is 0 Å². The highest BCUT2D eigenvalue weighted by molar-refractivity contribution is 5.96. The number of fused-ring (bicyclic) bond motifs is 1. The van der Waals surface area contributed by atoms with Gasteiger partial charge in [0.15, 0.2) is 5.75 Å². The van der Waals surface area contributed by atoms with Gasteiger partial charge in [-0.15, -0.1) is 0 Å². The first-order chi connectivity index (χ1) is 11.7. The lowest BCUT2D eigenvalue weighted by atomic mass is 10.1. The summed E-state index contributed by atoms with van der Waals surface area (Å²) in [7, 11) is 0. The molecule has 0 aliphatic heterocycles. The number of aryl methyl sites for hydroxylation is 1. The largest absolute Gasteiger partial charge is 0.462 e. The molecule has 1 N–H and O–H groups in total. The van der Waals surface area contributed by atoms with Gasteiger partial charge >= 0.3 is 5.97 Å². The smallest absolute Gasteiger partial charge is 0.340 e. The van der Waals surface area contributed by atoms with Crippen LogP contribution in [0.5, 0.6) is 11.5 Å². The quantitative estimate of drug-likeness (QED) is 0.575. The summed E-state index contributed by atoms with van der Waals surface area (Å²) >= 11 is 0. The number of hydrogen-bond donors (Lipinski definition) is 1. The Morgan fingerprint density at radius 3 is 2.75 bits per heavy atom. The molecule has 0 amide bonds. The Morgan fingerprint density at radius 1 is 1.33 bits per heavy atom. The van der Waals surface area contributed by atoms with Crippen molar-refractivity contribution in [3.8, 4) is 11.5 Å². The van der Waals surface area contributed by atoms with Gasteiger partial charge in [0, 0.05) is 12.4 Å². The molecule has 0 aliphatic rings. The zero-order valence-electron chi connectivity index (χ0n) is 13.4. The van der Waals surface area contributed by atoms with Crippen LogP contribution < -0.4 is 4.74 Å². The summed E-state index contributed by atoms with van der Waals surface area (Å²) in [4.78, 5) is 12.1. The molecule has 3 rings (SSSR count). The molecule has 2 heterocycles. The molecular formula is C18H17N3O3. The van der Waals surface area contributed by atoms with Crippen molar-refractivity contribution in [2.24, 2.45) is 0 Å². The molecule has 0 fully saturated rings. The molecule has 0 spiro atoms. The maximum absolute atomic E-state index is 12.1. The van der Waals surface area contributed by atoms with Crippen LogP contribution in [0.4, 0.5) is 0 Å². The second-order valence-electron chi connectivity index (χ2n) is 5.17. The van der Waals surface area contributed by atoms with Gasteiger partial charge in [0.25, 0.3) is 0 Å².